The number of hydrogen-bond donors (Lipinski definition) is 2. The lowest BCUT2D eigenvalue weighted by Crippen LogP contribution is -2.25. The van der Waals surface area contributed by atoms with Crippen LogP contribution in [0.2, 0.25) is 0 Å². The van der Waals surface area contributed by atoms with Gasteiger partial charge in [-0.2, -0.15) is 4.98 Å². The van der Waals surface area contributed by atoms with Crippen LogP contribution in [0.5, 0.6) is 0 Å². The van der Waals surface area contributed by atoms with E-state index >= 15 is 0 Å². The third-order valence-electron chi connectivity index (χ3n) is 3.72. The van der Waals surface area contributed by atoms with E-state index in [0.29, 0.717) is 23.7 Å². The third kappa shape index (κ3) is 4.99. The van der Waals surface area contributed by atoms with Gasteiger partial charge >= 0.3 is 0 Å². The Morgan fingerprint density at radius 2 is 1.75 bits per heavy atom. The minimum absolute atomic E-state index is 0.649. The Hall–Kier alpha value is -1.32. The molecule has 0 atom stereocenters. The van der Waals surface area contributed by atoms with Crippen molar-refractivity contribution in [2.75, 3.05) is 23.7 Å². The maximum Gasteiger partial charge on any atom is 0.224 e. The van der Waals surface area contributed by atoms with Gasteiger partial charge in [0.2, 0.25) is 5.95 Å². The highest BCUT2D eigenvalue weighted by Gasteiger charge is 2.17. The van der Waals surface area contributed by atoms with Gasteiger partial charge < -0.3 is 10.6 Å². The fraction of sp³-hybridized carbons (Fsp3) is 0.750. The first-order valence-electron chi connectivity index (χ1n) is 7.77. The molecule has 0 bridgehead atoms. The number of aryl methyl sites for hydroxylation is 1. The van der Waals surface area contributed by atoms with Gasteiger partial charge in [-0.1, -0.05) is 34.6 Å². The van der Waals surface area contributed by atoms with Gasteiger partial charge in [0.15, 0.2) is 0 Å². The number of nitrogens with zero attached hydrogens (tertiary/aromatic N) is 2. The summed E-state index contributed by atoms with van der Waals surface area (Å²) in [7, 11) is 0. The molecule has 0 aliphatic rings. The highest BCUT2D eigenvalue weighted by Crippen LogP contribution is 2.22. The second kappa shape index (κ2) is 8.08. The van der Waals surface area contributed by atoms with E-state index in [4.69, 9.17) is 0 Å². The first-order valence-corrected chi connectivity index (χ1v) is 7.77. The normalized spacial score (nSPS) is 11.4. The van der Waals surface area contributed by atoms with Crippen molar-refractivity contribution in [3.8, 4) is 0 Å². The molecule has 1 aromatic heterocycles. The second-order valence-corrected chi connectivity index (χ2v) is 6.18. The van der Waals surface area contributed by atoms with E-state index < -0.39 is 0 Å². The molecule has 0 spiro atoms. The average molecular weight is 278 g/mol. The topological polar surface area (TPSA) is 49.8 Å². The van der Waals surface area contributed by atoms with E-state index in [1.165, 1.54) is 0 Å². The predicted molar refractivity (Wildman–Crippen MR) is 87.2 cm³/mol. The van der Waals surface area contributed by atoms with Gasteiger partial charge in [0.1, 0.15) is 5.82 Å². The monoisotopic (exact) mass is 278 g/mol. The summed E-state index contributed by atoms with van der Waals surface area (Å²) in [6.07, 6.45) is 2.95. The van der Waals surface area contributed by atoms with Gasteiger partial charge in [0.25, 0.3) is 0 Å². The van der Waals surface area contributed by atoms with E-state index in [0.717, 1.165) is 30.9 Å². The Labute approximate surface area is 123 Å². The summed E-state index contributed by atoms with van der Waals surface area (Å²) in [5.74, 6) is 3.65. The van der Waals surface area contributed by atoms with Gasteiger partial charge in [-0.25, -0.2) is 4.98 Å². The van der Waals surface area contributed by atoms with Gasteiger partial charge in [0, 0.05) is 24.8 Å². The summed E-state index contributed by atoms with van der Waals surface area (Å²) in [6, 6.07) is 0. The predicted octanol–water partition coefficient (Wildman–Crippen LogP) is 3.95. The molecule has 4 heteroatoms. The zero-order chi connectivity index (χ0) is 15.1. The third-order valence-corrected chi connectivity index (χ3v) is 3.72. The van der Waals surface area contributed by atoms with Crippen LogP contribution in [0.1, 0.15) is 46.6 Å². The molecule has 0 radical (unpaired) electrons. The maximum atomic E-state index is 4.57. The van der Waals surface area contributed by atoms with Crippen LogP contribution in [0.25, 0.3) is 0 Å². The highest BCUT2D eigenvalue weighted by molar-refractivity contribution is 5.46. The molecule has 0 saturated carbocycles. The first-order chi connectivity index (χ1) is 9.45. The second-order valence-electron chi connectivity index (χ2n) is 6.18. The molecule has 20 heavy (non-hydrogen) atoms. The van der Waals surface area contributed by atoms with Crippen LogP contribution >= 0.6 is 0 Å². The Balaban J connectivity index is 2.70. The number of anilines is 2. The quantitative estimate of drug-likeness (QED) is 0.756. The van der Waals surface area contributed by atoms with Gasteiger partial charge in [-0.15, -0.1) is 0 Å². The zero-order valence-electron chi connectivity index (χ0n) is 13.8. The van der Waals surface area contributed by atoms with Crippen molar-refractivity contribution < 1.29 is 0 Å². The molecule has 1 rings (SSSR count). The van der Waals surface area contributed by atoms with Crippen molar-refractivity contribution in [3.05, 3.63) is 11.8 Å². The van der Waals surface area contributed by atoms with Crippen molar-refractivity contribution in [3.63, 3.8) is 0 Å². The Morgan fingerprint density at radius 3 is 2.30 bits per heavy atom. The number of hydrogen-bond acceptors (Lipinski definition) is 4. The molecular weight excluding hydrogens is 248 g/mol. The molecule has 4 nitrogen and oxygen atoms in total. The summed E-state index contributed by atoms with van der Waals surface area (Å²) in [5.41, 5.74) is 1.10. The Bertz CT molecular complexity index is 393. The smallest absolute Gasteiger partial charge is 0.224 e. The molecule has 0 aromatic carbocycles. The summed E-state index contributed by atoms with van der Waals surface area (Å²) in [4.78, 5) is 8.88. The minimum Gasteiger partial charge on any atom is -0.369 e. The van der Waals surface area contributed by atoms with Crippen molar-refractivity contribution in [2.45, 2.75) is 48.0 Å². The number of aromatic nitrogens is 2. The van der Waals surface area contributed by atoms with Crippen molar-refractivity contribution in [2.24, 2.45) is 17.8 Å². The summed E-state index contributed by atoms with van der Waals surface area (Å²) in [5, 5.41) is 6.73. The van der Waals surface area contributed by atoms with E-state index in [1.54, 1.807) is 0 Å². The van der Waals surface area contributed by atoms with Crippen LogP contribution in [-0.4, -0.2) is 23.1 Å². The van der Waals surface area contributed by atoms with E-state index in [1.807, 2.05) is 13.1 Å². The lowest BCUT2D eigenvalue weighted by atomic mass is 9.85. The van der Waals surface area contributed by atoms with E-state index in [2.05, 4.69) is 55.2 Å². The molecule has 0 amide bonds. The fourth-order valence-corrected chi connectivity index (χ4v) is 2.40. The molecule has 114 valence electrons. The number of nitrogens with one attached hydrogen (secondary N) is 2. The van der Waals surface area contributed by atoms with E-state index in [9.17, 15) is 0 Å². The minimum atomic E-state index is 0.649. The molecule has 0 aliphatic heterocycles. The van der Waals surface area contributed by atoms with Crippen molar-refractivity contribution in [1.29, 1.82) is 0 Å². The van der Waals surface area contributed by atoms with Crippen LogP contribution in [0.15, 0.2) is 6.20 Å². The largest absolute Gasteiger partial charge is 0.369 e. The molecule has 0 saturated heterocycles. The molecule has 0 unspecified atom stereocenters. The summed E-state index contributed by atoms with van der Waals surface area (Å²) in [6.45, 7) is 15.2. The highest BCUT2D eigenvalue weighted by atomic mass is 15.1. The standard InChI is InChI=1S/C16H30N4/c1-7-8-17-16-19-9-13(6)15(20-16)18-10-14(11(2)3)12(4)5/h9,11-12,14H,7-8,10H2,1-6H3,(H2,17,18,19,20). The Kier molecular flexibility index (Phi) is 6.76. The molecule has 1 aromatic rings. The number of rotatable bonds is 8. The molecule has 0 aliphatic carbocycles. The summed E-state index contributed by atoms with van der Waals surface area (Å²) >= 11 is 0. The molecular formula is C16H30N4. The lowest BCUT2D eigenvalue weighted by Gasteiger charge is -2.25. The van der Waals surface area contributed by atoms with Gasteiger partial charge in [-0.05, 0) is 31.1 Å². The zero-order valence-corrected chi connectivity index (χ0v) is 13.8. The van der Waals surface area contributed by atoms with Crippen LogP contribution in [-0.2, 0) is 0 Å². The van der Waals surface area contributed by atoms with Gasteiger partial charge in [-0.3, -0.25) is 0 Å². The molecule has 0 fully saturated rings. The maximum absolute atomic E-state index is 4.57. The Morgan fingerprint density at radius 1 is 1.10 bits per heavy atom. The fourth-order valence-electron chi connectivity index (χ4n) is 2.40. The first kappa shape index (κ1) is 16.7. The lowest BCUT2D eigenvalue weighted by molar-refractivity contribution is 0.304. The van der Waals surface area contributed by atoms with Gasteiger partial charge in [0.05, 0.1) is 0 Å². The van der Waals surface area contributed by atoms with Crippen LogP contribution in [0.3, 0.4) is 0 Å². The molecule has 2 N–H and O–H groups in total. The van der Waals surface area contributed by atoms with Crippen LogP contribution in [0, 0.1) is 24.7 Å². The molecule has 1 heterocycles. The van der Waals surface area contributed by atoms with Crippen molar-refractivity contribution in [1.82, 2.24) is 9.97 Å². The van der Waals surface area contributed by atoms with Crippen molar-refractivity contribution >= 4 is 11.8 Å². The SMILES string of the molecule is CCCNc1ncc(C)c(NCC(C(C)C)C(C)C)n1. The van der Waals surface area contributed by atoms with Crippen LogP contribution in [0.4, 0.5) is 11.8 Å². The van der Waals surface area contributed by atoms with E-state index in [-0.39, 0.29) is 0 Å². The summed E-state index contributed by atoms with van der Waals surface area (Å²) < 4.78 is 0. The van der Waals surface area contributed by atoms with Crippen LogP contribution < -0.4 is 10.6 Å². The average Bonchev–Trinajstić information content (AvgIpc) is 2.38.